The summed E-state index contributed by atoms with van der Waals surface area (Å²) in [6, 6.07) is 13.9. The second kappa shape index (κ2) is 5.38. The molecule has 0 atom stereocenters. The average molecular weight is 335 g/mol. The van der Waals surface area contributed by atoms with Crippen molar-refractivity contribution < 1.29 is 9.13 Å². The van der Waals surface area contributed by atoms with Gasteiger partial charge in [0, 0.05) is 6.07 Å². The van der Waals surface area contributed by atoms with E-state index in [-0.39, 0.29) is 6.01 Å². The van der Waals surface area contributed by atoms with Crippen LogP contribution in [-0.4, -0.2) is 20.2 Å². The number of tetrazole rings is 1. The third kappa shape index (κ3) is 2.53. The van der Waals surface area contributed by atoms with Gasteiger partial charge in [0.1, 0.15) is 11.6 Å². The molecule has 3 aromatic rings. The number of para-hydroxylation sites is 1. The van der Waals surface area contributed by atoms with Crippen molar-refractivity contribution in [3.8, 4) is 17.4 Å². The van der Waals surface area contributed by atoms with Gasteiger partial charge in [-0.25, -0.2) is 4.39 Å². The predicted octanol–water partition coefficient (Wildman–Crippen LogP) is 3.36. The maximum atomic E-state index is 13.4. The van der Waals surface area contributed by atoms with Crippen LogP contribution in [0.25, 0.3) is 5.69 Å². The fourth-order valence-electron chi connectivity index (χ4n) is 1.62. The minimum atomic E-state index is -0.416. The van der Waals surface area contributed by atoms with E-state index in [2.05, 4.69) is 31.5 Å². The Kier molecular flexibility index (Phi) is 3.42. The molecule has 0 aliphatic heterocycles. The van der Waals surface area contributed by atoms with E-state index in [1.165, 1.54) is 10.7 Å². The van der Waals surface area contributed by atoms with Gasteiger partial charge < -0.3 is 4.74 Å². The summed E-state index contributed by atoms with van der Waals surface area (Å²) in [5, 5.41) is 11.2. The zero-order valence-electron chi connectivity index (χ0n) is 10.1. The number of benzene rings is 2. The number of ether oxygens (including phenoxy) is 1. The first-order valence-electron chi connectivity index (χ1n) is 5.71. The van der Waals surface area contributed by atoms with E-state index in [9.17, 15) is 4.39 Å². The molecule has 0 aliphatic carbocycles. The molecule has 0 unspecified atom stereocenters. The van der Waals surface area contributed by atoms with E-state index >= 15 is 0 Å². The fraction of sp³-hybridized carbons (Fsp3) is 0. The highest BCUT2D eigenvalue weighted by atomic mass is 79.9. The van der Waals surface area contributed by atoms with Crippen LogP contribution in [0, 0.1) is 5.82 Å². The van der Waals surface area contributed by atoms with Gasteiger partial charge >= 0.3 is 6.01 Å². The van der Waals surface area contributed by atoms with Crippen LogP contribution in [0.2, 0.25) is 0 Å². The SMILES string of the molecule is Fc1cc(Oc2nnnn2-c2ccccc2)ccc1Br. The molecule has 0 spiro atoms. The Morgan fingerprint density at radius 2 is 1.90 bits per heavy atom. The zero-order valence-corrected chi connectivity index (χ0v) is 11.7. The van der Waals surface area contributed by atoms with Gasteiger partial charge in [0.05, 0.1) is 10.2 Å². The minimum Gasteiger partial charge on any atom is -0.423 e. The largest absolute Gasteiger partial charge is 0.423 e. The Bertz CT molecular complexity index is 732. The Morgan fingerprint density at radius 1 is 1.10 bits per heavy atom. The third-order valence-electron chi connectivity index (χ3n) is 2.54. The first kappa shape index (κ1) is 12.7. The molecule has 100 valence electrons. The molecule has 7 heteroatoms. The zero-order chi connectivity index (χ0) is 13.9. The number of hydrogen-bond donors (Lipinski definition) is 0. The van der Waals surface area contributed by atoms with Crippen molar-refractivity contribution in [2.24, 2.45) is 0 Å². The van der Waals surface area contributed by atoms with Crippen molar-refractivity contribution in [1.29, 1.82) is 0 Å². The van der Waals surface area contributed by atoms with Crippen LogP contribution in [0.1, 0.15) is 0 Å². The van der Waals surface area contributed by atoms with E-state index in [1.807, 2.05) is 30.3 Å². The molecular formula is C13H8BrFN4O. The summed E-state index contributed by atoms with van der Waals surface area (Å²) >= 11 is 3.08. The van der Waals surface area contributed by atoms with Gasteiger partial charge in [-0.05, 0) is 50.6 Å². The van der Waals surface area contributed by atoms with Gasteiger partial charge in [-0.2, -0.15) is 4.68 Å². The molecule has 0 amide bonds. The molecule has 0 N–H and O–H groups in total. The van der Waals surface area contributed by atoms with E-state index in [1.54, 1.807) is 12.1 Å². The van der Waals surface area contributed by atoms with Crippen LogP contribution in [0.4, 0.5) is 4.39 Å². The van der Waals surface area contributed by atoms with E-state index in [4.69, 9.17) is 4.74 Å². The van der Waals surface area contributed by atoms with E-state index in [0.29, 0.717) is 10.2 Å². The van der Waals surface area contributed by atoms with Crippen molar-refractivity contribution in [3.05, 3.63) is 58.8 Å². The maximum Gasteiger partial charge on any atom is 0.345 e. The summed E-state index contributed by atoms with van der Waals surface area (Å²) in [4.78, 5) is 0. The second-order valence-electron chi connectivity index (χ2n) is 3.89. The fourth-order valence-corrected chi connectivity index (χ4v) is 1.87. The average Bonchev–Trinajstić information content (AvgIpc) is 2.92. The second-order valence-corrected chi connectivity index (χ2v) is 4.74. The maximum absolute atomic E-state index is 13.4. The normalized spacial score (nSPS) is 10.5. The van der Waals surface area contributed by atoms with Crippen molar-refractivity contribution >= 4 is 15.9 Å². The Balaban J connectivity index is 1.92. The van der Waals surface area contributed by atoms with Crippen molar-refractivity contribution in [3.63, 3.8) is 0 Å². The van der Waals surface area contributed by atoms with E-state index in [0.717, 1.165) is 5.69 Å². The number of halogens is 2. The van der Waals surface area contributed by atoms with Gasteiger partial charge in [0.2, 0.25) is 0 Å². The first-order chi connectivity index (χ1) is 9.74. The number of rotatable bonds is 3. The summed E-state index contributed by atoms with van der Waals surface area (Å²) in [6.45, 7) is 0. The monoisotopic (exact) mass is 334 g/mol. The van der Waals surface area contributed by atoms with Crippen LogP contribution >= 0.6 is 15.9 Å². The number of aromatic nitrogens is 4. The molecule has 5 nitrogen and oxygen atoms in total. The van der Waals surface area contributed by atoms with Crippen LogP contribution in [-0.2, 0) is 0 Å². The molecule has 0 aliphatic rings. The van der Waals surface area contributed by atoms with Gasteiger partial charge in [-0.15, -0.1) is 0 Å². The predicted molar refractivity (Wildman–Crippen MR) is 73.3 cm³/mol. The van der Waals surface area contributed by atoms with Crippen LogP contribution in [0.15, 0.2) is 53.0 Å². The molecule has 0 saturated carbocycles. The van der Waals surface area contributed by atoms with Crippen molar-refractivity contribution in [1.82, 2.24) is 20.2 Å². The minimum absolute atomic E-state index is 0.165. The molecule has 20 heavy (non-hydrogen) atoms. The quantitative estimate of drug-likeness (QED) is 0.737. The molecule has 0 saturated heterocycles. The smallest absolute Gasteiger partial charge is 0.345 e. The van der Waals surface area contributed by atoms with Crippen molar-refractivity contribution in [2.45, 2.75) is 0 Å². The standard InChI is InChI=1S/C13H8BrFN4O/c14-11-7-6-10(8-12(11)15)20-13-16-17-18-19(13)9-4-2-1-3-5-9/h1-8H. The van der Waals surface area contributed by atoms with Gasteiger partial charge in [0.15, 0.2) is 0 Å². The lowest BCUT2D eigenvalue weighted by Crippen LogP contribution is -2.00. The molecule has 1 aromatic heterocycles. The van der Waals surface area contributed by atoms with Gasteiger partial charge in [0.25, 0.3) is 0 Å². The highest BCUT2D eigenvalue weighted by molar-refractivity contribution is 9.10. The lowest BCUT2D eigenvalue weighted by atomic mass is 10.3. The van der Waals surface area contributed by atoms with Crippen LogP contribution in [0.5, 0.6) is 11.8 Å². The summed E-state index contributed by atoms with van der Waals surface area (Å²) in [5.41, 5.74) is 0.755. The van der Waals surface area contributed by atoms with Crippen LogP contribution in [0.3, 0.4) is 0 Å². The molecule has 0 bridgehead atoms. The summed E-state index contributed by atoms with van der Waals surface area (Å²) in [5.74, 6) is -0.0982. The molecule has 0 fully saturated rings. The summed E-state index contributed by atoms with van der Waals surface area (Å²) in [6.07, 6.45) is 0. The lowest BCUT2D eigenvalue weighted by molar-refractivity contribution is 0.423. The lowest BCUT2D eigenvalue weighted by Gasteiger charge is -2.06. The molecule has 2 aromatic carbocycles. The Labute approximate surface area is 122 Å². The van der Waals surface area contributed by atoms with E-state index < -0.39 is 5.82 Å². The highest BCUT2D eigenvalue weighted by Crippen LogP contribution is 2.25. The molecule has 0 radical (unpaired) electrons. The molecular weight excluding hydrogens is 327 g/mol. The highest BCUT2D eigenvalue weighted by Gasteiger charge is 2.11. The number of hydrogen-bond acceptors (Lipinski definition) is 4. The first-order valence-corrected chi connectivity index (χ1v) is 6.50. The Morgan fingerprint density at radius 3 is 2.65 bits per heavy atom. The number of nitrogens with zero attached hydrogens (tertiary/aromatic N) is 4. The van der Waals surface area contributed by atoms with Gasteiger partial charge in [-0.1, -0.05) is 23.3 Å². The third-order valence-corrected chi connectivity index (χ3v) is 3.18. The molecule has 3 rings (SSSR count). The summed E-state index contributed by atoms with van der Waals surface area (Å²) < 4.78 is 20.8. The summed E-state index contributed by atoms with van der Waals surface area (Å²) in [7, 11) is 0. The Hall–Kier alpha value is -2.28. The van der Waals surface area contributed by atoms with Crippen molar-refractivity contribution in [2.75, 3.05) is 0 Å². The van der Waals surface area contributed by atoms with Gasteiger partial charge in [-0.3, -0.25) is 0 Å². The van der Waals surface area contributed by atoms with Crippen LogP contribution < -0.4 is 4.74 Å². The molecule has 1 heterocycles. The topological polar surface area (TPSA) is 52.8 Å².